The lowest BCUT2D eigenvalue weighted by atomic mass is 10.2. The van der Waals surface area contributed by atoms with E-state index in [4.69, 9.17) is 4.74 Å². The topological polar surface area (TPSA) is 39.2 Å². The summed E-state index contributed by atoms with van der Waals surface area (Å²) in [7, 11) is 2.42. The van der Waals surface area contributed by atoms with Crippen LogP contribution in [0.3, 0.4) is 0 Å². The second-order valence-corrected chi connectivity index (χ2v) is 2.87. The van der Waals surface area contributed by atoms with Gasteiger partial charge in [0, 0.05) is 6.20 Å². The number of fused-ring (bicyclic) bond motifs is 1. The molecule has 0 radical (unpaired) electrons. The van der Waals surface area contributed by atoms with Crippen LogP contribution in [0.4, 0.5) is 0 Å². The van der Waals surface area contributed by atoms with E-state index in [1.807, 2.05) is 0 Å². The van der Waals surface area contributed by atoms with Crippen molar-refractivity contribution in [1.82, 2.24) is 4.98 Å². The number of hydrogen-bond donors (Lipinski definition) is 0. The van der Waals surface area contributed by atoms with E-state index in [1.54, 1.807) is 18.3 Å². The van der Waals surface area contributed by atoms with E-state index in [0.29, 0.717) is 11.3 Å². The molecule has 2 rings (SSSR count). The number of esters is 1. The molecule has 2 atom stereocenters. The fourth-order valence-corrected chi connectivity index (χ4v) is 1.44. The van der Waals surface area contributed by atoms with Gasteiger partial charge in [0.15, 0.2) is 5.85 Å². The molecule has 3 nitrogen and oxygen atoms in total. The van der Waals surface area contributed by atoms with E-state index in [0.717, 1.165) is 0 Å². The molecule has 0 aliphatic carbocycles. The first kappa shape index (κ1) is 6.74. The van der Waals surface area contributed by atoms with Crippen LogP contribution in [-0.2, 0) is 4.74 Å². The lowest BCUT2D eigenvalue weighted by molar-refractivity contribution is 0.0519. The molecule has 2 unspecified atom stereocenters. The quantitative estimate of drug-likeness (QED) is 0.429. The lowest BCUT2D eigenvalue weighted by Crippen LogP contribution is -1.93. The molecule has 4 heteroatoms. The van der Waals surface area contributed by atoms with E-state index in [1.165, 1.54) is 0 Å². The first-order valence-corrected chi connectivity index (χ1v) is 3.87. The summed E-state index contributed by atoms with van der Waals surface area (Å²) in [4.78, 5) is 15.0. The maximum absolute atomic E-state index is 11.0. The van der Waals surface area contributed by atoms with Crippen LogP contribution in [0, 0.1) is 0 Å². The third kappa shape index (κ3) is 0.925. The Morgan fingerprint density at radius 2 is 2.45 bits per heavy atom. The molecule has 0 saturated carbocycles. The van der Waals surface area contributed by atoms with Crippen molar-refractivity contribution < 1.29 is 9.53 Å². The summed E-state index contributed by atoms with van der Waals surface area (Å²) >= 11 is 0. The van der Waals surface area contributed by atoms with Crippen LogP contribution in [0.25, 0.3) is 0 Å². The summed E-state index contributed by atoms with van der Waals surface area (Å²) in [5.74, 6) is -0.549. The zero-order valence-corrected chi connectivity index (χ0v) is 6.81. The molecule has 0 fully saturated rings. The van der Waals surface area contributed by atoms with Gasteiger partial charge in [-0.05, 0) is 12.1 Å². The largest absolute Gasteiger partial charge is 0.448 e. The molecule has 1 aromatic rings. The summed E-state index contributed by atoms with van der Waals surface area (Å²) in [6.45, 7) is 0. The summed E-state index contributed by atoms with van der Waals surface area (Å²) in [5, 5.41) is 0. The van der Waals surface area contributed by atoms with Crippen molar-refractivity contribution in [1.29, 1.82) is 0 Å². The molecule has 0 N–H and O–H groups in total. The highest BCUT2D eigenvalue weighted by Crippen LogP contribution is 2.32. The van der Waals surface area contributed by atoms with Crippen molar-refractivity contribution in [2.45, 2.75) is 5.85 Å². The Morgan fingerprint density at radius 1 is 1.64 bits per heavy atom. The molecular formula is C7H6NO2P. The standard InChI is InChI=1S/C7H6NO2P/c9-6-4-2-1-3-8-5(4)7(11)10-6/h1-3,7H,11H2. The van der Waals surface area contributed by atoms with Gasteiger partial charge in [-0.25, -0.2) is 4.79 Å². The first-order valence-electron chi connectivity index (χ1n) is 3.20. The van der Waals surface area contributed by atoms with Crippen molar-refractivity contribution in [3.63, 3.8) is 0 Å². The Bertz CT molecular complexity index is 313. The van der Waals surface area contributed by atoms with Crippen molar-refractivity contribution in [3.05, 3.63) is 29.6 Å². The van der Waals surface area contributed by atoms with Crippen LogP contribution in [0.15, 0.2) is 18.3 Å². The molecule has 2 heterocycles. The van der Waals surface area contributed by atoms with Crippen molar-refractivity contribution in [3.8, 4) is 0 Å². The fourth-order valence-electron chi connectivity index (χ4n) is 1.05. The van der Waals surface area contributed by atoms with Gasteiger partial charge in [0.1, 0.15) is 0 Å². The van der Waals surface area contributed by atoms with Crippen LogP contribution in [-0.4, -0.2) is 11.0 Å². The zero-order chi connectivity index (χ0) is 7.84. The van der Waals surface area contributed by atoms with Crippen LogP contribution < -0.4 is 0 Å². The molecule has 1 aromatic heterocycles. The molecule has 0 saturated heterocycles. The fraction of sp³-hybridized carbons (Fsp3) is 0.143. The Balaban J connectivity index is 2.60. The molecule has 11 heavy (non-hydrogen) atoms. The summed E-state index contributed by atoms with van der Waals surface area (Å²) in [6.07, 6.45) is 1.65. The highest BCUT2D eigenvalue weighted by atomic mass is 31.0. The Kier molecular flexibility index (Phi) is 1.40. The second kappa shape index (κ2) is 2.28. The molecule has 0 spiro atoms. The highest BCUT2D eigenvalue weighted by Gasteiger charge is 2.28. The van der Waals surface area contributed by atoms with Gasteiger partial charge in [0.2, 0.25) is 0 Å². The number of rotatable bonds is 0. The number of cyclic esters (lactones) is 1. The number of ether oxygens (including phenoxy) is 1. The Labute approximate surface area is 66.0 Å². The van der Waals surface area contributed by atoms with Crippen molar-refractivity contribution in [2.75, 3.05) is 0 Å². The van der Waals surface area contributed by atoms with E-state index >= 15 is 0 Å². The predicted molar refractivity (Wildman–Crippen MR) is 42.1 cm³/mol. The van der Waals surface area contributed by atoms with Gasteiger partial charge < -0.3 is 4.74 Å². The van der Waals surface area contributed by atoms with Gasteiger partial charge in [-0.1, -0.05) is 9.24 Å². The monoisotopic (exact) mass is 167 g/mol. The van der Waals surface area contributed by atoms with Gasteiger partial charge >= 0.3 is 5.97 Å². The van der Waals surface area contributed by atoms with Crippen LogP contribution in [0.1, 0.15) is 21.9 Å². The molecule has 0 amide bonds. The lowest BCUT2D eigenvalue weighted by Gasteiger charge is -1.98. The molecule has 1 aliphatic rings. The van der Waals surface area contributed by atoms with Gasteiger partial charge in [-0.15, -0.1) is 0 Å². The normalized spacial score (nSPS) is 21.2. The highest BCUT2D eigenvalue weighted by molar-refractivity contribution is 7.17. The molecule has 0 bridgehead atoms. The van der Waals surface area contributed by atoms with E-state index < -0.39 is 0 Å². The average Bonchev–Trinajstić information content (AvgIpc) is 2.30. The third-order valence-corrected chi connectivity index (χ3v) is 2.01. The SMILES string of the molecule is O=C1OC(P)c2ncccc21. The number of carbonyl (C=O) groups excluding carboxylic acids is 1. The summed E-state index contributed by atoms with van der Waals surface area (Å²) < 4.78 is 4.89. The van der Waals surface area contributed by atoms with Crippen LogP contribution in [0.2, 0.25) is 0 Å². The van der Waals surface area contributed by atoms with Crippen molar-refractivity contribution in [2.24, 2.45) is 0 Å². The van der Waals surface area contributed by atoms with Crippen LogP contribution in [0.5, 0.6) is 0 Å². The summed E-state index contributed by atoms with van der Waals surface area (Å²) in [6, 6.07) is 3.44. The van der Waals surface area contributed by atoms with Crippen molar-refractivity contribution >= 4 is 15.2 Å². The molecule has 56 valence electrons. The smallest absolute Gasteiger partial charge is 0.341 e. The zero-order valence-electron chi connectivity index (χ0n) is 5.65. The van der Waals surface area contributed by atoms with Gasteiger partial charge in [0.05, 0.1) is 11.3 Å². The maximum Gasteiger partial charge on any atom is 0.341 e. The first-order chi connectivity index (χ1) is 5.29. The van der Waals surface area contributed by atoms with E-state index in [-0.39, 0.29) is 11.8 Å². The predicted octanol–water partition coefficient (Wildman–Crippen LogP) is 1.13. The minimum Gasteiger partial charge on any atom is -0.448 e. The maximum atomic E-state index is 11.0. The van der Waals surface area contributed by atoms with Gasteiger partial charge in [-0.3, -0.25) is 4.98 Å². The number of hydrogen-bond acceptors (Lipinski definition) is 3. The second-order valence-electron chi connectivity index (χ2n) is 2.26. The number of pyridine rings is 1. The van der Waals surface area contributed by atoms with E-state index in [9.17, 15) is 4.79 Å². The van der Waals surface area contributed by atoms with E-state index in [2.05, 4.69) is 14.2 Å². The Morgan fingerprint density at radius 3 is 3.18 bits per heavy atom. The Hall–Kier alpha value is -0.950. The molecule has 0 aromatic carbocycles. The number of carbonyl (C=O) groups is 1. The number of nitrogens with zero attached hydrogens (tertiary/aromatic N) is 1. The molecule has 1 aliphatic heterocycles. The average molecular weight is 167 g/mol. The van der Waals surface area contributed by atoms with Gasteiger partial charge in [0.25, 0.3) is 0 Å². The van der Waals surface area contributed by atoms with Crippen LogP contribution >= 0.6 is 9.24 Å². The minimum absolute atomic E-state index is 0.265. The third-order valence-electron chi connectivity index (χ3n) is 1.56. The molecular weight excluding hydrogens is 161 g/mol. The summed E-state index contributed by atoms with van der Waals surface area (Å²) in [5.41, 5.74) is 1.29. The minimum atomic E-state index is -0.284. The van der Waals surface area contributed by atoms with Gasteiger partial charge in [-0.2, -0.15) is 0 Å². The number of aromatic nitrogens is 1.